The number of hydrogen-bond donors (Lipinski definition) is 0. The van der Waals surface area contributed by atoms with Crippen molar-refractivity contribution in [1.29, 1.82) is 0 Å². The molecule has 0 aliphatic carbocycles. The molecule has 0 amide bonds. The van der Waals surface area contributed by atoms with E-state index in [1.54, 1.807) is 0 Å². The predicted molar refractivity (Wildman–Crippen MR) is 136 cm³/mol. The summed E-state index contributed by atoms with van der Waals surface area (Å²) >= 11 is 0. The molecule has 0 spiro atoms. The molecule has 15 atom stereocenters. The number of ether oxygens (including phenoxy) is 5. The van der Waals surface area contributed by atoms with Gasteiger partial charge in [-0.1, -0.05) is 69.2 Å². The second-order valence-corrected chi connectivity index (χ2v) is 11.9. The molecule has 3 aliphatic heterocycles. The van der Waals surface area contributed by atoms with Crippen molar-refractivity contribution in [1.82, 2.24) is 0 Å². The Labute approximate surface area is 210 Å². The average Bonchev–Trinajstić information content (AvgIpc) is 2.82. The minimum absolute atomic E-state index is 0.0204. The molecule has 0 N–H and O–H groups in total. The Bertz CT molecular complexity index is 626. The van der Waals surface area contributed by atoms with Gasteiger partial charge in [0.1, 0.15) is 0 Å². The summed E-state index contributed by atoms with van der Waals surface area (Å²) in [6.07, 6.45) is 3.31. The zero-order valence-corrected chi connectivity index (χ0v) is 23.8. The van der Waals surface area contributed by atoms with Crippen LogP contribution in [0.3, 0.4) is 0 Å². The summed E-state index contributed by atoms with van der Waals surface area (Å²) in [7, 11) is 0. The summed E-state index contributed by atoms with van der Waals surface area (Å²) in [5.41, 5.74) is 0. The van der Waals surface area contributed by atoms with E-state index in [0.717, 1.165) is 19.3 Å². The molecule has 5 heteroatoms. The standard InChI is InChI=1S/C29H54O5/c1-12-23-17(6)18(7)27(22(11)30-23)34-29-21(10)26(20(9)25(14-3)32-29)33-28-19(8)15(4)16(5)24(13-2)31-28/h15-29H,12-14H2,1-11H3/t15-,16-,17-,18-,19?,20+,21?,22?,23?,24?,25?,26-,27?,28+,29+/m0/s1. The van der Waals surface area contributed by atoms with Gasteiger partial charge in [0.15, 0.2) is 12.6 Å². The van der Waals surface area contributed by atoms with Crippen LogP contribution in [0.15, 0.2) is 0 Å². The van der Waals surface area contributed by atoms with Gasteiger partial charge in [0.2, 0.25) is 0 Å². The zero-order valence-electron chi connectivity index (χ0n) is 23.8. The largest absolute Gasteiger partial charge is 0.372 e. The van der Waals surface area contributed by atoms with E-state index in [0.29, 0.717) is 35.7 Å². The average molecular weight is 483 g/mol. The van der Waals surface area contributed by atoms with E-state index in [1.807, 2.05) is 0 Å². The van der Waals surface area contributed by atoms with Crippen molar-refractivity contribution in [3.8, 4) is 0 Å². The molecule has 0 saturated carbocycles. The van der Waals surface area contributed by atoms with Gasteiger partial charge in [0.05, 0.1) is 36.6 Å². The van der Waals surface area contributed by atoms with Gasteiger partial charge < -0.3 is 23.7 Å². The van der Waals surface area contributed by atoms with Crippen LogP contribution in [0.2, 0.25) is 0 Å². The second-order valence-electron chi connectivity index (χ2n) is 11.9. The Kier molecular flexibility index (Phi) is 9.93. The maximum atomic E-state index is 6.87. The Morgan fingerprint density at radius 3 is 1.44 bits per heavy atom. The highest BCUT2D eigenvalue weighted by Crippen LogP contribution is 2.42. The van der Waals surface area contributed by atoms with Crippen molar-refractivity contribution in [2.45, 2.75) is 145 Å². The Morgan fingerprint density at radius 1 is 0.441 bits per heavy atom. The SMILES string of the molecule is CCC1OC(C)C(O[C@H]2OC(CC)[C@@H](C)[C@H](O[C@H]3OC(CC)[C@@H](C)[C@H](C)C3C)C2C)[C@@H](C)[C@@H]1C. The van der Waals surface area contributed by atoms with Gasteiger partial charge in [0, 0.05) is 17.8 Å². The van der Waals surface area contributed by atoms with E-state index in [1.165, 1.54) is 0 Å². The van der Waals surface area contributed by atoms with Crippen molar-refractivity contribution in [2.24, 2.45) is 41.4 Å². The molecule has 7 unspecified atom stereocenters. The van der Waals surface area contributed by atoms with Gasteiger partial charge >= 0.3 is 0 Å². The topological polar surface area (TPSA) is 46.2 Å². The van der Waals surface area contributed by atoms with E-state index >= 15 is 0 Å². The first kappa shape index (κ1) is 28.4. The van der Waals surface area contributed by atoms with Crippen LogP contribution >= 0.6 is 0 Å². The van der Waals surface area contributed by atoms with Crippen molar-refractivity contribution >= 4 is 0 Å². The third-order valence-electron chi connectivity index (χ3n) is 9.92. The number of hydrogen-bond acceptors (Lipinski definition) is 5. The van der Waals surface area contributed by atoms with Gasteiger partial charge in [-0.15, -0.1) is 0 Å². The minimum Gasteiger partial charge on any atom is -0.372 e. The molecule has 0 bridgehead atoms. The van der Waals surface area contributed by atoms with Crippen LogP contribution in [0.25, 0.3) is 0 Å². The van der Waals surface area contributed by atoms with Crippen LogP contribution in [0.1, 0.15) is 95.4 Å². The van der Waals surface area contributed by atoms with Crippen LogP contribution in [-0.4, -0.2) is 49.2 Å². The molecule has 0 radical (unpaired) electrons. The molecule has 0 aromatic rings. The highest BCUT2D eigenvalue weighted by molar-refractivity contribution is 4.91. The zero-order chi connectivity index (χ0) is 25.3. The summed E-state index contributed by atoms with van der Waals surface area (Å²) in [5, 5.41) is 0. The van der Waals surface area contributed by atoms with Crippen LogP contribution in [0.5, 0.6) is 0 Å². The summed E-state index contributed by atoms with van der Waals surface area (Å²) < 4.78 is 33.1. The molecule has 5 nitrogen and oxygen atoms in total. The third-order valence-corrected chi connectivity index (χ3v) is 9.92. The molecule has 3 heterocycles. The van der Waals surface area contributed by atoms with Crippen LogP contribution in [0, 0.1) is 41.4 Å². The van der Waals surface area contributed by atoms with E-state index in [9.17, 15) is 0 Å². The van der Waals surface area contributed by atoms with E-state index < -0.39 is 0 Å². The lowest BCUT2D eigenvalue weighted by atomic mass is 9.78. The fourth-order valence-corrected chi connectivity index (χ4v) is 6.80. The quantitative estimate of drug-likeness (QED) is 0.405. The smallest absolute Gasteiger partial charge is 0.163 e. The molecule has 34 heavy (non-hydrogen) atoms. The summed E-state index contributed by atoms with van der Waals surface area (Å²) in [6, 6.07) is 0. The first-order valence-corrected chi connectivity index (χ1v) is 14.3. The summed E-state index contributed by atoms with van der Waals surface area (Å²) in [5.74, 6) is 2.75. The van der Waals surface area contributed by atoms with Gasteiger partial charge in [-0.2, -0.15) is 0 Å². The Balaban J connectivity index is 1.76. The number of rotatable bonds is 7. The predicted octanol–water partition coefficient (Wildman–Crippen LogP) is 6.68. The molecule has 3 rings (SSSR count). The normalized spacial score (nSPS) is 52.5. The van der Waals surface area contributed by atoms with Crippen molar-refractivity contribution < 1.29 is 23.7 Å². The molecule has 0 aromatic carbocycles. The fraction of sp³-hybridized carbons (Fsp3) is 1.00. The summed E-state index contributed by atoms with van der Waals surface area (Å²) in [6.45, 7) is 24.8. The lowest BCUT2D eigenvalue weighted by Gasteiger charge is -2.51. The van der Waals surface area contributed by atoms with Gasteiger partial charge in [-0.05, 0) is 49.9 Å². The molecule has 200 valence electrons. The Morgan fingerprint density at radius 2 is 0.882 bits per heavy atom. The van der Waals surface area contributed by atoms with E-state index in [2.05, 4.69) is 76.2 Å². The van der Waals surface area contributed by atoms with E-state index in [4.69, 9.17) is 23.7 Å². The van der Waals surface area contributed by atoms with Crippen LogP contribution in [-0.2, 0) is 23.7 Å². The third kappa shape index (κ3) is 5.54. The van der Waals surface area contributed by atoms with Gasteiger partial charge in [0.25, 0.3) is 0 Å². The first-order chi connectivity index (χ1) is 16.0. The molecule has 3 aliphatic rings. The maximum Gasteiger partial charge on any atom is 0.163 e. The maximum absolute atomic E-state index is 6.87. The van der Waals surface area contributed by atoms with Crippen LogP contribution in [0.4, 0.5) is 0 Å². The molecule has 3 fully saturated rings. The van der Waals surface area contributed by atoms with Gasteiger partial charge in [-0.3, -0.25) is 0 Å². The fourth-order valence-electron chi connectivity index (χ4n) is 6.80. The highest BCUT2D eigenvalue weighted by Gasteiger charge is 2.49. The van der Waals surface area contributed by atoms with Crippen molar-refractivity contribution in [3.63, 3.8) is 0 Å². The van der Waals surface area contributed by atoms with E-state index in [-0.39, 0.29) is 54.9 Å². The Hall–Kier alpha value is -0.200. The lowest BCUT2D eigenvalue weighted by Crippen LogP contribution is -2.57. The van der Waals surface area contributed by atoms with Crippen molar-refractivity contribution in [2.75, 3.05) is 0 Å². The first-order valence-electron chi connectivity index (χ1n) is 14.3. The monoisotopic (exact) mass is 482 g/mol. The van der Waals surface area contributed by atoms with Crippen LogP contribution < -0.4 is 0 Å². The van der Waals surface area contributed by atoms with Crippen molar-refractivity contribution in [3.05, 3.63) is 0 Å². The molecular formula is C29H54O5. The minimum atomic E-state index is -0.299. The highest BCUT2D eigenvalue weighted by atomic mass is 16.7. The lowest BCUT2D eigenvalue weighted by molar-refractivity contribution is -0.338. The molecule has 3 saturated heterocycles. The second kappa shape index (κ2) is 11.9. The molecule has 0 aromatic heterocycles. The summed E-state index contributed by atoms with van der Waals surface area (Å²) in [4.78, 5) is 0. The van der Waals surface area contributed by atoms with Gasteiger partial charge in [-0.25, -0.2) is 0 Å². The molecular weight excluding hydrogens is 428 g/mol.